The Labute approximate surface area is 107 Å². The van der Waals surface area contributed by atoms with Crippen LogP contribution >= 0.6 is 0 Å². The first-order valence-electron chi connectivity index (χ1n) is 7.50. The van der Waals surface area contributed by atoms with Crippen molar-refractivity contribution in [3.63, 3.8) is 0 Å². The van der Waals surface area contributed by atoms with Gasteiger partial charge in [0, 0.05) is 31.2 Å². The van der Waals surface area contributed by atoms with Gasteiger partial charge in [-0.25, -0.2) is 0 Å². The van der Waals surface area contributed by atoms with Gasteiger partial charge >= 0.3 is 0 Å². The van der Waals surface area contributed by atoms with Gasteiger partial charge in [-0.15, -0.1) is 0 Å². The number of rotatable bonds is 2. The Morgan fingerprint density at radius 1 is 1.18 bits per heavy atom. The van der Waals surface area contributed by atoms with Crippen molar-refractivity contribution >= 4 is 0 Å². The molecule has 0 aromatic heterocycles. The summed E-state index contributed by atoms with van der Waals surface area (Å²) in [6.07, 6.45) is 5.76. The highest BCUT2D eigenvalue weighted by Gasteiger charge is 2.39. The van der Waals surface area contributed by atoms with Crippen molar-refractivity contribution in [1.82, 2.24) is 10.2 Å². The van der Waals surface area contributed by atoms with E-state index >= 15 is 0 Å². The molecule has 1 saturated heterocycles. The van der Waals surface area contributed by atoms with Crippen LogP contribution in [0.2, 0.25) is 0 Å². The summed E-state index contributed by atoms with van der Waals surface area (Å²) < 4.78 is 0. The van der Waals surface area contributed by atoms with Gasteiger partial charge in [0.2, 0.25) is 0 Å². The minimum absolute atomic E-state index is 0.341. The van der Waals surface area contributed by atoms with Crippen LogP contribution in [0.15, 0.2) is 0 Å². The van der Waals surface area contributed by atoms with E-state index in [9.17, 15) is 0 Å². The second-order valence-electron chi connectivity index (χ2n) is 6.94. The zero-order chi connectivity index (χ0) is 12.5. The molecule has 0 spiro atoms. The molecule has 1 heterocycles. The fourth-order valence-electron chi connectivity index (χ4n) is 3.92. The molecule has 17 heavy (non-hydrogen) atoms. The zero-order valence-electron chi connectivity index (χ0n) is 12.1. The molecule has 0 bridgehead atoms. The standard InChI is InChI=1S/C15H30N2/c1-12(2)13-7-5-6-8-14(13)17-10-9-16-11-15(17,3)4/h12-14,16H,5-11H2,1-4H3. The van der Waals surface area contributed by atoms with Gasteiger partial charge in [0.05, 0.1) is 0 Å². The molecule has 2 heteroatoms. The first-order valence-corrected chi connectivity index (χ1v) is 7.50. The number of nitrogens with one attached hydrogen (secondary N) is 1. The average Bonchev–Trinajstić information content (AvgIpc) is 2.28. The van der Waals surface area contributed by atoms with Crippen LogP contribution in [0.3, 0.4) is 0 Å². The summed E-state index contributed by atoms with van der Waals surface area (Å²) in [4.78, 5) is 2.81. The van der Waals surface area contributed by atoms with Crippen LogP contribution in [0.25, 0.3) is 0 Å². The largest absolute Gasteiger partial charge is 0.314 e. The lowest BCUT2D eigenvalue weighted by molar-refractivity contribution is -0.0104. The minimum atomic E-state index is 0.341. The molecule has 2 fully saturated rings. The molecular formula is C15H30N2. The van der Waals surface area contributed by atoms with Gasteiger partial charge in [-0.05, 0) is 38.5 Å². The Kier molecular flexibility index (Phi) is 4.14. The van der Waals surface area contributed by atoms with E-state index in [2.05, 4.69) is 37.9 Å². The average molecular weight is 238 g/mol. The van der Waals surface area contributed by atoms with Crippen LogP contribution in [-0.2, 0) is 0 Å². The first-order chi connectivity index (χ1) is 8.02. The second-order valence-corrected chi connectivity index (χ2v) is 6.94. The van der Waals surface area contributed by atoms with Gasteiger partial charge in [0.25, 0.3) is 0 Å². The highest BCUT2D eigenvalue weighted by Crippen LogP contribution is 2.36. The summed E-state index contributed by atoms with van der Waals surface area (Å²) >= 11 is 0. The highest BCUT2D eigenvalue weighted by molar-refractivity contribution is 4.96. The maximum absolute atomic E-state index is 3.55. The monoisotopic (exact) mass is 238 g/mol. The SMILES string of the molecule is CC(C)C1CCCCC1N1CCNCC1(C)C. The van der Waals surface area contributed by atoms with Gasteiger partial charge in [0.15, 0.2) is 0 Å². The molecule has 2 rings (SSSR count). The van der Waals surface area contributed by atoms with Crippen molar-refractivity contribution < 1.29 is 0 Å². The molecule has 0 radical (unpaired) electrons. The van der Waals surface area contributed by atoms with Crippen LogP contribution in [-0.4, -0.2) is 36.1 Å². The Bertz CT molecular complexity index is 247. The van der Waals surface area contributed by atoms with Crippen LogP contribution < -0.4 is 5.32 Å². The van der Waals surface area contributed by atoms with Crippen molar-refractivity contribution in [3.8, 4) is 0 Å². The number of nitrogens with zero attached hydrogens (tertiary/aromatic N) is 1. The van der Waals surface area contributed by atoms with Crippen molar-refractivity contribution in [2.24, 2.45) is 11.8 Å². The molecule has 1 saturated carbocycles. The van der Waals surface area contributed by atoms with Gasteiger partial charge in [-0.3, -0.25) is 4.90 Å². The number of hydrogen-bond acceptors (Lipinski definition) is 2. The topological polar surface area (TPSA) is 15.3 Å². The fraction of sp³-hybridized carbons (Fsp3) is 1.00. The highest BCUT2D eigenvalue weighted by atomic mass is 15.3. The van der Waals surface area contributed by atoms with E-state index in [1.165, 1.54) is 38.8 Å². The molecule has 0 aromatic carbocycles. The molecular weight excluding hydrogens is 208 g/mol. The molecule has 0 aromatic rings. The Morgan fingerprint density at radius 3 is 2.53 bits per heavy atom. The van der Waals surface area contributed by atoms with E-state index < -0.39 is 0 Å². The van der Waals surface area contributed by atoms with Crippen molar-refractivity contribution in [1.29, 1.82) is 0 Å². The van der Waals surface area contributed by atoms with E-state index in [-0.39, 0.29) is 0 Å². The van der Waals surface area contributed by atoms with Crippen molar-refractivity contribution in [3.05, 3.63) is 0 Å². The quantitative estimate of drug-likeness (QED) is 0.796. The summed E-state index contributed by atoms with van der Waals surface area (Å²) in [5.74, 6) is 1.76. The summed E-state index contributed by atoms with van der Waals surface area (Å²) in [5, 5.41) is 3.55. The van der Waals surface area contributed by atoms with Crippen LogP contribution in [0, 0.1) is 11.8 Å². The molecule has 1 N–H and O–H groups in total. The van der Waals surface area contributed by atoms with Crippen LogP contribution in [0.5, 0.6) is 0 Å². The zero-order valence-corrected chi connectivity index (χ0v) is 12.1. The predicted octanol–water partition coefficient (Wildman–Crippen LogP) is 2.89. The molecule has 2 nitrogen and oxygen atoms in total. The Morgan fingerprint density at radius 2 is 1.88 bits per heavy atom. The van der Waals surface area contributed by atoms with E-state index in [1.807, 2.05) is 0 Å². The lowest BCUT2D eigenvalue weighted by Crippen LogP contribution is -2.63. The molecule has 1 aliphatic carbocycles. The molecule has 2 unspecified atom stereocenters. The fourth-order valence-corrected chi connectivity index (χ4v) is 3.92. The second kappa shape index (κ2) is 5.27. The summed E-state index contributed by atoms with van der Waals surface area (Å²) in [7, 11) is 0. The first kappa shape index (κ1) is 13.4. The van der Waals surface area contributed by atoms with Crippen LogP contribution in [0.1, 0.15) is 53.4 Å². The molecule has 2 aliphatic rings. The molecule has 100 valence electrons. The summed E-state index contributed by atoms with van der Waals surface area (Å²) in [6, 6.07) is 0.834. The van der Waals surface area contributed by atoms with E-state index in [0.717, 1.165) is 24.4 Å². The third-order valence-electron chi connectivity index (χ3n) is 4.90. The third kappa shape index (κ3) is 2.85. The smallest absolute Gasteiger partial charge is 0.0281 e. The predicted molar refractivity (Wildman–Crippen MR) is 74.2 cm³/mol. The van der Waals surface area contributed by atoms with Crippen LogP contribution in [0.4, 0.5) is 0 Å². The van der Waals surface area contributed by atoms with E-state index in [0.29, 0.717) is 5.54 Å². The minimum Gasteiger partial charge on any atom is -0.314 e. The Balaban J connectivity index is 2.12. The Hall–Kier alpha value is -0.0800. The van der Waals surface area contributed by atoms with Gasteiger partial charge in [-0.2, -0.15) is 0 Å². The van der Waals surface area contributed by atoms with Gasteiger partial charge in [0.1, 0.15) is 0 Å². The maximum Gasteiger partial charge on any atom is 0.0281 e. The number of hydrogen-bond donors (Lipinski definition) is 1. The molecule has 1 aliphatic heterocycles. The van der Waals surface area contributed by atoms with Crippen molar-refractivity contribution in [2.75, 3.05) is 19.6 Å². The van der Waals surface area contributed by atoms with E-state index in [1.54, 1.807) is 0 Å². The maximum atomic E-state index is 3.55. The number of piperazine rings is 1. The summed E-state index contributed by atoms with van der Waals surface area (Å²) in [5.41, 5.74) is 0.341. The molecule has 0 amide bonds. The third-order valence-corrected chi connectivity index (χ3v) is 4.90. The van der Waals surface area contributed by atoms with Gasteiger partial charge in [-0.1, -0.05) is 26.7 Å². The summed E-state index contributed by atoms with van der Waals surface area (Å²) in [6.45, 7) is 13.2. The van der Waals surface area contributed by atoms with Gasteiger partial charge < -0.3 is 5.32 Å². The van der Waals surface area contributed by atoms with Crippen molar-refractivity contribution in [2.45, 2.75) is 65.0 Å². The lowest BCUT2D eigenvalue weighted by atomic mass is 9.75. The van der Waals surface area contributed by atoms with E-state index in [4.69, 9.17) is 0 Å². The molecule has 2 atom stereocenters. The lowest BCUT2D eigenvalue weighted by Gasteiger charge is -2.51. The normalized spacial score (nSPS) is 35.1.